The Hall–Kier alpha value is -3.66. The first kappa shape index (κ1) is 23.1. The fourth-order valence-electron chi connectivity index (χ4n) is 5.25. The van der Waals surface area contributed by atoms with E-state index in [1.807, 2.05) is 0 Å². The molecule has 3 heterocycles. The van der Waals surface area contributed by atoms with Crippen LogP contribution in [0.3, 0.4) is 0 Å². The molecule has 0 saturated heterocycles. The second-order valence-electron chi connectivity index (χ2n) is 9.40. The highest BCUT2D eigenvalue weighted by Gasteiger charge is 2.48. The number of amides is 2. The minimum Gasteiger partial charge on any atom is -0.398 e. The van der Waals surface area contributed by atoms with Gasteiger partial charge in [0, 0.05) is 60.8 Å². The molecule has 2 aromatic heterocycles. The molecular formula is C24H25ClFN7O2. The van der Waals surface area contributed by atoms with E-state index >= 15 is 4.39 Å². The minimum atomic E-state index is -0.729. The van der Waals surface area contributed by atoms with Crippen molar-refractivity contribution in [2.24, 2.45) is 5.73 Å². The van der Waals surface area contributed by atoms with Gasteiger partial charge < -0.3 is 21.7 Å². The van der Waals surface area contributed by atoms with Crippen LogP contribution in [0.25, 0.3) is 11.1 Å². The molecule has 2 atom stereocenters. The van der Waals surface area contributed by atoms with Gasteiger partial charge in [0.15, 0.2) is 0 Å². The Morgan fingerprint density at radius 3 is 2.74 bits per heavy atom. The van der Waals surface area contributed by atoms with E-state index in [0.717, 1.165) is 18.4 Å². The molecule has 3 aromatic rings. The summed E-state index contributed by atoms with van der Waals surface area (Å²) >= 11 is 6.95. The maximum Gasteiger partial charge on any atom is 0.258 e. The number of nitrogen functional groups attached to an aromatic ring is 1. The number of aromatic nitrogens is 3. The van der Waals surface area contributed by atoms with Crippen LogP contribution in [-0.4, -0.2) is 52.1 Å². The molecule has 5 N–H and O–H groups in total. The van der Waals surface area contributed by atoms with E-state index in [4.69, 9.17) is 23.1 Å². The maximum absolute atomic E-state index is 15.6. The van der Waals surface area contributed by atoms with E-state index in [9.17, 15) is 9.59 Å². The van der Waals surface area contributed by atoms with Gasteiger partial charge in [-0.1, -0.05) is 11.6 Å². The van der Waals surface area contributed by atoms with Crippen molar-refractivity contribution in [3.8, 4) is 11.1 Å². The molecule has 1 aromatic carbocycles. The minimum absolute atomic E-state index is 0.0492. The number of carbonyl (C=O) groups is 2. The van der Waals surface area contributed by atoms with Crippen molar-refractivity contribution in [3.05, 3.63) is 58.3 Å². The smallest absolute Gasteiger partial charge is 0.258 e. The van der Waals surface area contributed by atoms with Gasteiger partial charge in [-0.25, -0.2) is 9.37 Å². The third-order valence-electron chi connectivity index (χ3n) is 7.07. The average Bonchev–Trinajstić information content (AvgIpc) is 3.54. The van der Waals surface area contributed by atoms with Gasteiger partial charge in [0.1, 0.15) is 11.6 Å². The Balaban J connectivity index is 1.55. The molecule has 0 radical (unpaired) electrons. The Labute approximate surface area is 206 Å². The molecule has 2 amide bonds. The van der Waals surface area contributed by atoms with Crippen LogP contribution in [0.2, 0.25) is 5.02 Å². The van der Waals surface area contributed by atoms with Gasteiger partial charge in [-0.05, 0) is 31.4 Å². The lowest BCUT2D eigenvalue weighted by Gasteiger charge is -2.25. The van der Waals surface area contributed by atoms with Gasteiger partial charge >= 0.3 is 0 Å². The molecule has 5 rings (SSSR count). The molecule has 9 nitrogen and oxygen atoms in total. The molecule has 11 heteroatoms. The van der Waals surface area contributed by atoms with Crippen LogP contribution in [0, 0.1) is 5.82 Å². The van der Waals surface area contributed by atoms with E-state index in [-0.39, 0.29) is 28.3 Å². The molecule has 182 valence electrons. The molecule has 1 aliphatic heterocycles. The summed E-state index contributed by atoms with van der Waals surface area (Å²) < 4.78 is 17.4. The van der Waals surface area contributed by atoms with E-state index in [1.54, 1.807) is 10.9 Å². The molecule has 35 heavy (non-hydrogen) atoms. The van der Waals surface area contributed by atoms with Gasteiger partial charge in [0.05, 0.1) is 28.4 Å². The zero-order valence-corrected chi connectivity index (χ0v) is 20.1. The van der Waals surface area contributed by atoms with Crippen molar-refractivity contribution >= 4 is 34.9 Å². The van der Waals surface area contributed by atoms with E-state index in [1.165, 1.54) is 43.5 Å². The number of anilines is 2. The van der Waals surface area contributed by atoms with Gasteiger partial charge in [-0.2, -0.15) is 5.10 Å². The Kier molecular flexibility index (Phi) is 5.43. The third kappa shape index (κ3) is 3.59. The molecule has 0 bridgehead atoms. The van der Waals surface area contributed by atoms with Gasteiger partial charge in [-0.3, -0.25) is 14.3 Å². The predicted molar refractivity (Wildman–Crippen MR) is 131 cm³/mol. The fraction of sp³-hybridized carbons (Fsp3) is 0.333. The second kappa shape index (κ2) is 8.23. The van der Waals surface area contributed by atoms with E-state index in [0.29, 0.717) is 34.9 Å². The SMILES string of the molecule is CN(C)C(=O)c1c(N)ccc(-c2cnc3c(c2Cl)[C@@]2(CC[C@H](n4cc(C(N)=O)cn4)C2)CN3)c1F. The summed E-state index contributed by atoms with van der Waals surface area (Å²) in [7, 11) is 3.07. The first-order valence-electron chi connectivity index (χ1n) is 11.2. The first-order valence-corrected chi connectivity index (χ1v) is 11.6. The number of hydrogen-bond donors (Lipinski definition) is 3. The third-order valence-corrected chi connectivity index (χ3v) is 7.46. The summed E-state index contributed by atoms with van der Waals surface area (Å²) in [5.74, 6) is -1.12. The summed E-state index contributed by atoms with van der Waals surface area (Å²) in [5, 5.41) is 8.06. The molecule has 0 unspecified atom stereocenters. The van der Waals surface area contributed by atoms with E-state index < -0.39 is 17.6 Å². The maximum atomic E-state index is 15.6. The number of rotatable bonds is 4. The predicted octanol–water partition coefficient (Wildman–Crippen LogP) is 3.21. The fourth-order valence-corrected chi connectivity index (χ4v) is 5.69. The zero-order valence-electron chi connectivity index (χ0n) is 19.3. The van der Waals surface area contributed by atoms with Crippen molar-refractivity contribution in [2.45, 2.75) is 30.7 Å². The number of benzene rings is 1. The molecular weight excluding hydrogens is 473 g/mol. The lowest BCUT2D eigenvalue weighted by Crippen LogP contribution is -2.26. The average molecular weight is 498 g/mol. The molecule has 1 saturated carbocycles. The molecule has 1 spiro atoms. The van der Waals surface area contributed by atoms with Crippen molar-refractivity contribution in [1.29, 1.82) is 0 Å². The number of hydrogen-bond acceptors (Lipinski definition) is 6. The van der Waals surface area contributed by atoms with Crippen LogP contribution in [-0.2, 0) is 5.41 Å². The number of pyridine rings is 1. The van der Waals surface area contributed by atoms with Gasteiger partial charge in [0.25, 0.3) is 11.8 Å². The topological polar surface area (TPSA) is 132 Å². The monoisotopic (exact) mass is 497 g/mol. The summed E-state index contributed by atoms with van der Waals surface area (Å²) in [6.07, 6.45) is 7.00. The number of nitrogens with two attached hydrogens (primary N) is 2. The largest absolute Gasteiger partial charge is 0.398 e. The molecule has 2 aliphatic rings. The molecule has 1 aliphatic carbocycles. The van der Waals surface area contributed by atoms with Crippen molar-refractivity contribution in [2.75, 3.05) is 31.7 Å². The number of fused-ring (bicyclic) bond motifs is 2. The van der Waals surface area contributed by atoms with Crippen LogP contribution in [0.4, 0.5) is 15.9 Å². The highest BCUT2D eigenvalue weighted by atomic mass is 35.5. The van der Waals surface area contributed by atoms with Crippen LogP contribution in [0.1, 0.15) is 51.6 Å². The zero-order chi connectivity index (χ0) is 25.1. The first-order chi connectivity index (χ1) is 16.6. The summed E-state index contributed by atoms with van der Waals surface area (Å²) in [6.45, 7) is 0.632. The molecule has 1 fully saturated rings. The van der Waals surface area contributed by atoms with Crippen LogP contribution in [0.15, 0.2) is 30.7 Å². The standard InChI is InChI=1S/C24H25ClFN7O2/c1-32(2)23(35)17-16(27)4-3-14(20(17)26)15-9-29-22-18(19(15)25)24(11-30-22)6-5-13(7-24)33-10-12(8-31-33)21(28)34/h3-4,8-10,13H,5-7,11,27H2,1-2H3,(H2,28,34)(H,29,30)/t13-,24+/m0/s1. The number of nitrogens with zero attached hydrogens (tertiary/aromatic N) is 4. The Morgan fingerprint density at radius 2 is 2.06 bits per heavy atom. The van der Waals surface area contributed by atoms with E-state index in [2.05, 4.69) is 15.4 Å². The van der Waals surface area contributed by atoms with Crippen LogP contribution in [0.5, 0.6) is 0 Å². The Bertz CT molecular complexity index is 1370. The lowest BCUT2D eigenvalue weighted by atomic mass is 9.80. The summed E-state index contributed by atoms with van der Waals surface area (Å²) in [4.78, 5) is 29.9. The van der Waals surface area contributed by atoms with Gasteiger partial charge in [0.2, 0.25) is 0 Å². The number of carbonyl (C=O) groups excluding carboxylic acids is 2. The van der Waals surface area contributed by atoms with Crippen molar-refractivity contribution in [1.82, 2.24) is 19.7 Å². The highest BCUT2D eigenvalue weighted by Crippen LogP contribution is 2.54. The van der Waals surface area contributed by atoms with Crippen molar-refractivity contribution in [3.63, 3.8) is 0 Å². The van der Waals surface area contributed by atoms with Crippen LogP contribution >= 0.6 is 11.6 Å². The quantitative estimate of drug-likeness (QED) is 0.474. The number of nitrogens with one attached hydrogen (secondary N) is 1. The van der Waals surface area contributed by atoms with Gasteiger partial charge in [-0.15, -0.1) is 0 Å². The number of halogens is 2. The highest BCUT2D eigenvalue weighted by molar-refractivity contribution is 6.34. The van der Waals surface area contributed by atoms with Crippen LogP contribution < -0.4 is 16.8 Å². The van der Waals surface area contributed by atoms with Crippen molar-refractivity contribution < 1.29 is 14.0 Å². The second-order valence-corrected chi connectivity index (χ2v) is 9.78. The summed E-state index contributed by atoms with van der Waals surface area (Å²) in [5.41, 5.74) is 12.6. The number of primary amides is 1. The Morgan fingerprint density at radius 1 is 1.29 bits per heavy atom. The normalized spacial score (nSPS) is 20.6. The lowest BCUT2D eigenvalue weighted by molar-refractivity contribution is 0.0824. The summed E-state index contributed by atoms with van der Waals surface area (Å²) in [6, 6.07) is 3.08.